The first-order valence-corrected chi connectivity index (χ1v) is 9.40. The maximum Gasteiger partial charge on any atom is 0.257 e. The van der Waals surface area contributed by atoms with Gasteiger partial charge >= 0.3 is 0 Å². The van der Waals surface area contributed by atoms with Gasteiger partial charge in [0.25, 0.3) is 5.91 Å². The third-order valence-corrected chi connectivity index (χ3v) is 4.71. The highest BCUT2D eigenvalue weighted by Crippen LogP contribution is 2.16. The molecule has 1 saturated heterocycles. The highest BCUT2D eigenvalue weighted by atomic mass is 16.2. The molecule has 2 amide bonds. The van der Waals surface area contributed by atoms with Gasteiger partial charge in [-0.25, -0.2) is 9.97 Å². The summed E-state index contributed by atoms with van der Waals surface area (Å²) in [6.07, 6.45) is 9.29. The molecule has 4 heterocycles. The molecule has 1 atom stereocenters. The maximum atomic E-state index is 13.2. The first-order chi connectivity index (χ1) is 14.2. The minimum atomic E-state index is -0.200. The zero-order valence-electron chi connectivity index (χ0n) is 15.7. The van der Waals surface area contributed by atoms with Crippen LogP contribution in [0.2, 0.25) is 0 Å². The van der Waals surface area contributed by atoms with E-state index in [2.05, 4.69) is 25.3 Å². The van der Waals surface area contributed by atoms with Crippen LogP contribution in [0.25, 0.3) is 11.4 Å². The molecule has 3 aromatic rings. The number of carbonyl (C=O) groups excluding carboxylic acids is 2. The summed E-state index contributed by atoms with van der Waals surface area (Å²) in [7, 11) is 0. The summed E-state index contributed by atoms with van der Waals surface area (Å²) in [4.78, 5) is 43.4. The summed E-state index contributed by atoms with van der Waals surface area (Å²) in [5, 5.41) is 2.92. The van der Waals surface area contributed by atoms with E-state index in [4.69, 9.17) is 0 Å². The number of hydrogen-bond acceptors (Lipinski definition) is 6. The zero-order valence-corrected chi connectivity index (χ0v) is 15.7. The zero-order chi connectivity index (χ0) is 20.1. The Labute approximate surface area is 168 Å². The van der Waals surface area contributed by atoms with E-state index in [9.17, 15) is 9.59 Å². The molecule has 1 N–H and O–H groups in total. The van der Waals surface area contributed by atoms with Crippen LogP contribution in [-0.2, 0) is 11.3 Å². The molecular weight excluding hydrogens is 368 g/mol. The SMILES string of the molecule is O=C1CC[C@@H](CN(Cc2ccccn2)C(=O)c2cnc(-c3cccnc3)nc2)N1. The van der Waals surface area contributed by atoms with Gasteiger partial charge in [-0.3, -0.25) is 19.6 Å². The van der Waals surface area contributed by atoms with Gasteiger partial charge < -0.3 is 10.2 Å². The number of pyridine rings is 2. The molecule has 3 aromatic heterocycles. The van der Waals surface area contributed by atoms with Crippen LogP contribution in [0.5, 0.6) is 0 Å². The molecule has 0 unspecified atom stereocenters. The van der Waals surface area contributed by atoms with E-state index in [1.54, 1.807) is 23.5 Å². The Morgan fingerprint density at radius 1 is 1.07 bits per heavy atom. The summed E-state index contributed by atoms with van der Waals surface area (Å²) in [5.74, 6) is 0.327. The maximum absolute atomic E-state index is 13.2. The number of rotatable bonds is 6. The van der Waals surface area contributed by atoms with Crippen molar-refractivity contribution in [2.45, 2.75) is 25.4 Å². The summed E-state index contributed by atoms with van der Waals surface area (Å²) in [5.41, 5.74) is 1.95. The monoisotopic (exact) mass is 388 g/mol. The molecule has 29 heavy (non-hydrogen) atoms. The van der Waals surface area contributed by atoms with Crippen LogP contribution < -0.4 is 5.32 Å². The normalized spacial score (nSPS) is 15.7. The second-order valence-corrected chi connectivity index (χ2v) is 6.85. The van der Waals surface area contributed by atoms with E-state index in [1.165, 1.54) is 12.4 Å². The predicted octanol–water partition coefficient (Wildman–Crippen LogP) is 1.85. The highest BCUT2D eigenvalue weighted by molar-refractivity contribution is 5.93. The smallest absolute Gasteiger partial charge is 0.257 e. The minimum absolute atomic E-state index is 0.0180. The molecule has 8 nitrogen and oxygen atoms in total. The number of hydrogen-bond donors (Lipinski definition) is 1. The topological polar surface area (TPSA) is 101 Å². The van der Waals surface area contributed by atoms with Crippen molar-refractivity contribution < 1.29 is 9.59 Å². The molecule has 0 radical (unpaired) electrons. The van der Waals surface area contributed by atoms with E-state index < -0.39 is 0 Å². The molecule has 1 aliphatic heterocycles. The molecule has 0 aliphatic carbocycles. The summed E-state index contributed by atoms with van der Waals surface area (Å²) >= 11 is 0. The first kappa shape index (κ1) is 18.7. The predicted molar refractivity (Wildman–Crippen MR) is 105 cm³/mol. The fourth-order valence-corrected chi connectivity index (χ4v) is 3.25. The number of aromatic nitrogens is 4. The van der Waals surface area contributed by atoms with Gasteiger partial charge in [-0.15, -0.1) is 0 Å². The third-order valence-electron chi connectivity index (χ3n) is 4.71. The van der Waals surface area contributed by atoms with Gasteiger partial charge in [0.1, 0.15) is 0 Å². The van der Waals surface area contributed by atoms with Gasteiger partial charge in [0.15, 0.2) is 5.82 Å². The fourth-order valence-electron chi connectivity index (χ4n) is 3.25. The lowest BCUT2D eigenvalue weighted by Gasteiger charge is -2.25. The van der Waals surface area contributed by atoms with Gasteiger partial charge in [0, 0.05) is 55.6 Å². The van der Waals surface area contributed by atoms with Crippen molar-refractivity contribution in [3.63, 3.8) is 0 Å². The van der Waals surface area contributed by atoms with Crippen molar-refractivity contribution in [1.29, 1.82) is 0 Å². The Morgan fingerprint density at radius 3 is 2.59 bits per heavy atom. The Bertz CT molecular complexity index is 979. The molecule has 4 rings (SSSR count). The number of nitrogens with one attached hydrogen (secondary N) is 1. The van der Waals surface area contributed by atoms with Gasteiger partial charge in [0.2, 0.25) is 5.91 Å². The van der Waals surface area contributed by atoms with Crippen LogP contribution in [0.3, 0.4) is 0 Å². The van der Waals surface area contributed by atoms with Gasteiger partial charge in [0.05, 0.1) is 17.8 Å². The second kappa shape index (κ2) is 8.55. The highest BCUT2D eigenvalue weighted by Gasteiger charge is 2.26. The van der Waals surface area contributed by atoms with Crippen LogP contribution in [0.15, 0.2) is 61.3 Å². The van der Waals surface area contributed by atoms with Crippen molar-refractivity contribution in [2.75, 3.05) is 6.54 Å². The van der Waals surface area contributed by atoms with Crippen LogP contribution in [-0.4, -0.2) is 49.2 Å². The van der Waals surface area contributed by atoms with Crippen LogP contribution in [0, 0.1) is 0 Å². The van der Waals surface area contributed by atoms with Crippen molar-refractivity contribution in [2.24, 2.45) is 0 Å². The second-order valence-electron chi connectivity index (χ2n) is 6.85. The number of nitrogens with zero attached hydrogens (tertiary/aromatic N) is 5. The van der Waals surface area contributed by atoms with Gasteiger partial charge in [-0.2, -0.15) is 0 Å². The lowest BCUT2D eigenvalue weighted by molar-refractivity contribution is -0.119. The molecule has 1 fully saturated rings. The largest absolute Gasteiger partial charge is 0.352 e. The lowest BCUT2D eigenvalue weighted by atomic mass is 10.2. The number of carbonyl (C=O) groups is 2. The molecule has 0 saturated carbocycles. The molecule has 1 aliphatic rings. The van der Waals surface area contributed by atoms with E-state index >= 15 is 0 Å². The molecule has 0 bridgehead atoms. The van der Waals surface area contributed by atoms with Crippen LogP contribution >= 0.6 is 0 Å². The van der Waals surface area contributed by atoms with E-state index in [1.807, 2.05) is 30.3 Å². The molecule has 0 spiro atoms. The summed E-state index contributed by atoms with van der Waals surface area (Å²) in [6, 6.07) is 9.19. The average Bonchev–Trinajstić information content (AvgIpc) is 3.19. The van der Waals surface area contributed by atoms with Crippen molar-refractivity contribution in [3.8, 4) is 11.4 Å². The molecule has 8 heteroatoms. The standard InChI is InChI=1S/C21H20N6O2/c28-19-7-6-18(26-19)14-27(13-17-5-1-2-9-23-17)21(29)16-11-24-20(25-12-16)15-4-3-8-22-10-15/h1-5,8-12,18H,6-7,13-14H2,(H,26,28)/t18-/m0/s1. The number of amides is 2. The van der Waals surface area contributed by atoms with E-state index in [-0.39, 0.29) is 17.9 Å². The summed E-state index contributed by atoms with van der Waals surface area (Å²) < 4.78 is 0. The lowest BCUT2D eigenvalue weighted by Crippen LogP contribution is -2.41. The summed E-state index contributed by atoms with van der Waals surface area (Å²) in [6.45, 7) is 0.752. The van der Waals surface area contributed by atoms with Crippen molar-refractivity contribution >= 4 is 11.8 Å². The van der Waals surface area contributed by atoms with Crippen molar-refractivity contribution in [3.05, 3.63) is 72.6 Å². The van der Waals surface area contributed by atoms with E-state index in [0.717, 1.165) is 11.3 Å². The minimum Gasteiger partial charge on any atom is -0.352 e. The van der Waals surface area contributed by atoms with Crippen LogP contribution in [0.4, 0.5) is 0 Å². The van der Waals surface area contributed by atoms with Crippen molar-refractivity contribution in [1.82, 2.24) is 30.2 Å². The van der Waals surface area contributed by atoms with E-state index in [0.29, 0.717) is 37.3 Å². The quantitative estimate of drug-likeness (QED) is 0.692. The van der Waals surface area contributed by atoms with Gasteiger partial charge in [-0.1, -0.05) is 6.07 Å². The molecule has 0 aromatic carbocycles. The molecule has 146 valence electrons. The Kier molecular flexibility index (Phi) is 5.51. The Balaban J connectivity index is 1.54. The average molecular weight is 388 g/mol. The Morgan fingerprint density at radius 2 is 1.93 bits per heavy atom. The molecular formula is C21H20N6O2. The van der Waals surface area contributed by atoms with Crippen LogP contribution in [0.1, 0.15) is 28.9 Å². The Hall–Kier alpha value is -3.68. The fraction of sp³-hybridized carbons (Fsp3) is 0.238. The van der Waals surface area contributed by atoms with Gasteiger partial charge in [-0.05, 0) is 30.7 Å². The first-order valence-electron chi connectivity index (χ1n) is 9.40. The third kappa shape index (κ3) is 4.60.